The van der Waals surface area contributed by atoms with Crippen molar-refractivity contribution >= 4 is 22.4 Å². The summed E-state index contributed by atoms with van der Waals surface area (Å²) in [6.07, 6.45) is 1.98. The lowest BCUT2D eigenvalue weighted by Gasteiger charge is -2.01. The van der Waals surface area contributed by atoms with Gasteiger partial charge in [0.1, 0.15) is 0 Å². The molecule has 2 aliphatic rings. The lowest BCUT2D eigenvalue weighted by atomic mass is 10.1. The fourth-order valence-electron chi connectivity index (χ4n) is 2.31. The third kappa shape index (κ3) is 2.35. The molecule has 1 aliphatic carbocycles. The normalized spacial score (nSPS) is 16.0. The number of benzene rings is 1. The molecule has 0 bridgehead atoms. The van der Waals surface area contributed by atoms with E-state index >= 15 is 0 Å². The van der Waals surface area contributed by atoms with Gasteiger partial charge in [-0.25, -0.2) is 4.98 Å². The summed E-state index contributed by atoms with van der Waals surface area (Å²) in [5.74, 6) is 1.77. The first-order valence-electron chi connectivity index (χ1n) is 6.89. The molecule has 0 unspecified atom stereocenters. The molecule has 0 saturated heterocycles. The molecule has 0 atom stereocenters. The number of amides is 1. The summed E-state index contributed by atoms with van der Waals surface area (Å²) in [7, 11) is 0. The van der Waals surface area contributed by atoms with Gasteiger partial charge in [-0.1, -0.05) is 0 Å². The van der Waals surface area contributed by atoms with Gasteiger partial charge in [-0.3, -0.25) is 4.79 Å². The number of aryl methyl sites for hydroxylation is 1. The van der Waals surface area contributed by atoms with Crippen LogP contribution < -0.4 is 14.8 Å². The Balaban J connectivity index is 1.62. The van der Waals surface area contributed by atoms with Crippen LogP contribution in [0.1, 0.15) is 17.7 Å². The van der Waals surface area contributed by atoms with E-state index in [0.29, 0.717) is 5.13 Å². The predicted octanol–water partition coefficient (Wildman–Crippen LogP) is 3.20. The summed E-state index contributed by atoms with van der Waals surface area (Å²) < 4.78 is 10.7. The number of anilines is 1. The molecule has 1 aliphatic heterocycles. The quantitative estimate of drug-likeness (QED) is 0.946. The molecular weight excluding hydrogens is 288 g/mol. The van der Waals surface area contributed by atoms with Crippen molar-refractivity contribution in [3.05, 3.63) is 23.1 Å². The second kappa shape index (κ2) is 4.73. The molecule has 0 radical (unpaired) electrons. The van der Waals surface area contributed by atoms with E-state index in [1.54, 1.807) is 0 Å². The van der Waals surface area contributed by atoms with Gasteiger partial charge >= 0.3 is 0 Å². The number of carbonyl (C=O) groups excluding carboxylic acids is 1. The molecule has 6 heteroatoms. The number of rotatable bonds is 3. The third-order valence-corrected chi connectivity index (χ3v) is 4.51. The maximum Gasteiger partial charge on any atom is 0.231 e. The van der Waals surface area contributed by atoms with Gasteiger partial charge in [0.05, 0.1) is 5.69 Å². The van der Waals surface area contributed by atoms with E-state index in [0.717, 1.165) is 40.5 Å². The van der Waals surface area contributed by atoms with Gasteiger partial charge in [-0.05, 0) is 38.0 Å². The summed E-state index contributed by atoms with van der Waals surface area (Å²) in [6, 6.07) is 5.78. The van der Waals surface area contributed by atoms with Crippen LogP contribution in [0.25, 0.3) is 11.3 Å². The Labute approximate surface area is 125 Å². The van der Waals surface area contributed by atoms with Crippen LogP contribution in [0.5, 0.6) is 11.5 Å². The number of thiazole rings is 1. The average molecular weight is 302 g/mol. The van der Waals surface area contributed by atoms with E-state index in [2.05, 4.69) is 10.3 Å². The van der Waals surface area contributed by atoms with Crippen LogP contribution in [0.4, 0.5) is 5.13 Å². The van der Waals surface area contributed by atoms with E-state index in [1.807, 2.05) is 25.1 Å². The predicted molar refractivity (Wildman–Crippen MR) is 79.8 cm³/mol. The van der Waals surface area contributed by atoms with Crippen LogP contribution >= 0.6 is 11.3 Å². The van der Waals surface area contributed by atoms with E-state index in [1.165, 1.54) is 11.3 Å². The maximum absolute atomic E-state index is 11.8. The van der Waals surface area contributed by atoms with Gasteiger partial charge in [0.2, 0.25) is 12.7 Å². The minimum absolute atomic E-state index is 0.0842. The minimum atomic E-state index is 0.0842. The van der Waals surface area contributed by atoms with Gasteiger partial charge in [-0.2, -0.15) is 0 Å². The molecule has 1 aromatic heterocycles. The van der Waals surface area contributed by atoms with Gasteiger partial charge in [-0.15, -0.1) is 11.3 Å². The Bertz CT molecular complexity index is 722. The highest BCUT2D eigenvalue weighted by molar-refractivity contribution is 7.16. The van der Waals surface area contributed by atoms with Gasteiger partial charge in [0.15, 0.2) is 16.6 Å². The number of ether oxygens (including phenoxy) is 2. The SMILES string of the molecule is Cc1sc(NC(=O)C2CC2)nc1-c1ccc2c(c1)OCO2. The smallest absolute Gasteiger partial charge is 0.231 e. The highest BCUT2D eigenvalue weighted by Crippen LogP contribution is 2.38. The van der Waals surface area contributed by atoms with Gasteiger partial charge in [0, 0.05) is 16.4 Å². The zero-order valence-corrected chi connectivity index (χ0v) is 12.3. The Morgan fingerprint density at radius 2 is 2.14 bits per heavy atom. The summed E-state index contributed by atoms with van der Waals surface area (Å²) in [4.78, 5) is 17.4. The molecule has 2 heterocycles. The molecule has 0 spiro atoms. The number of nitrogens with one attached hydrogen (secondary N) is 1. The molecular formula is C15H14N2O3S. The van der Waals surface area contributed by atoms with Crippen LogP contribution in [0.15, 0.2) is 18.2 Å². The van der Waals surface area contributed by atoms with Crippen molar-refractivity contribution in [2.24, 2.45) is 5.92 Å². The fourth-order valence-corrected chi connectivity index (χ4v) is 3.15. The lowest BCUT2D eigenvalue weighted by Crippen LogP contribution is -2.12. The molecule has 1 fully saturated rings. The average Bonchev–Trinajstić information content (AvgIpc) is 3.12. The second-order valence-electron chi connectivity index (χ2n) is 5.26. The Morgan fingerprint density at radius 1 is 1.33 bits per heavy atom. The first-order valence-corrected chi connectivity index (χ1v) is 7.70. The first-order chi connectivity index (χ1) is 10.2. The highest BCUT2D eigenvalue weighted by atomic mass is 32.1. The number of nitrogens with zero attached hydrogens (tertiary/aromatic N) is 1. The lowest BCUT2D eigenvalue weighted by molar-refractivity contribution is -0.117. The topological polar surface area (TPSA) is 60.5 Å². The fraction of sp³-hybridized carbons (Fsp3) is 0.333. The number of hydrogen-bond donors (Lipinski definition) is 1. The molecule has 1 saturated carbocycles. The molecule has 1 aromatic carbocycles. The Morgan fingerprint density at radius 3 is 2.95 bits per heavy atom. The molecule has 5 nitrogen and oxygen atoms in total. The standard InChI is InChI=1S/C15H14N2O3S/c1-8-13(10-4-5-11-12(6-10)20-7-19-11)16-15(21-8)17-14(18)9-2-3-9/h4-6,9H,2-3,7H2,1H3,(H,16,17,18). The third-order valence-electron chi connectivity index (χ3n) is 3.62. The monoisotopic (exact) mass is 302 g/mol. The van der Waals surface area contributed by atoms with Crippen molar-refractivity contribution in [1.29, 1.82) is 0 Å². The molecule has 1 amide bonds. The molecule has 2 aromatic rings. The Kier molecular flexibility index (Phi) is 2.85. The number of hydrogen-bond acceptors (Lipinski definition) is 5. The van der Waals surface area contributed by atoms with E-state index in [9.17, 15) is 4.79 Å². The number of aromatic nitrogens is 1. The molecule has 21 heavy (non-hydrogen) atoms. The van der Waals surface area contributed by atoms with Crippen LogP contribution in [0.2, 0.25) is 0 Å². The van der Waals surface area contributed by atoms with Crippen LogP contribution in [0, 0.1) is 12.8 Å². The van der Waals surface area contributed by atoms with Crippen LogP contribution in [0.3, 0.4) is 0 Å². The second-order valence-corrected chi connectivity index (χ2v) is 6.46. The number of carbonyl (C=O) groups is 1. The van der Waals surface area contributed by atoms with E-state index < -0.39 is 0 Å². The Hall–Kier alpha value is -2.08. The van der Waals surface area contributed by atoms with Crippen molar-refractivity contribution in [2.45, 2.75) is 19.8 Å². The van der Waals surface area contributed by atoms with E-state index in [-0.39, 0.29) is 18.6 Å². The van der Waals surface area contributed by atoms with Crippen molar-refractivity contribution < 1.29 is 14.3 Å². The van der Waals surface area contributed by atoms with Crippen molar-refractivity contribution in [1.82, 2.24) is 4.98 Å². The summed E-state index contributed by atoms with van der Waals surface area (Å²) in [5.41, 5.74) is 1.85. The first kappa shape index (κ1) is 12.6. The molecule has 4 rings (SSSR count). The zero-order valence-electron chi connectivity index (χ0n) is 11.5. The van der Waals surface area contributed by atoms with E-state index in [4.69, 9.17) is 9.47 Å². The summed E-state index contributed by atoms with van der Waals surface area (Å²) in [5, 5.41) is 3.56. The highest BCUT2D eigenvalue weighted by Gasteiger charge is 2.30. The van der Waals surface area contributed by atoms with Crippen molar-refractivity contribution in [3.8, 4) is 22.8 Å². The largest absolute Gasteiger partial charge is 0.454 e. The zero-order chi connectivity index (χ0) is 14.4. The van der Waals surface area contributed by atoms with Crippen molar-refractivity contribution in [2.75, 3.05) is 12.1 Å². The maximum atomic E-state index is 11.8. The molecule has 1 N–H and O–H groups in total. The minimum Gasteiger partial charge on any atom is -0.454 e. The van der Waals surface area contributed by atoms with Crippen LogP contribution in [-0.2, 0) is 4.79 Å². The summed E-state index contributed by atoms with van der Waals surface area (Å²) in [6.45, 7) is 2.27. The van der Waals surface area contributed by atoms with Gasteiger partial charge in [0.25, 0.3) is 0 Å². The molecule has 108 valence electrons. The number of fused-ring (bicyclic) bond motifs is 1. The van der Waals surface area contributed by atoms with Crippen molar-refractivity contribution in [3.63, 3.8) is 0 Å². The van der Waals surface area contributed by atoms with Crippen LogP contribution in [-0.4, -0.2) is 17.7 Å². The summed E-state index contributed by atoms with van der Waals surface area (Å²) >= 11 is 1.50. The van der Waals surface area contributed by atoms with Gasteiger partial charge < -0.3 is 14.8 Å².